The highest BCUT2D eigenvalue weighted by atomic mass is 35.5. The smallest absolute Gasteiger partial charge is 0.407 e. The zero-order valence-corrected chi connectivity index (χ0v) is 22.9. The molecule has 1 amide bonds. The number of carbonyl (C=O) groups excluding carboxylic acids is 1. The molecule has 5 heterocycles. The van der Waals surface area contributed by atoms with E-state index in [2.05, 4.69) is 25.5 Å². The Hall–Kier alpha value is -2.76. The van der Waals surface area contributed by atoms with Crippen molar-refractivity contribution in [2.45, 2.75) is 61.5 Å². The van der Waals surface area contributed by atoms with E-state index in [0.29, 0.717) is 10.8 Å². The number of piperidine rings is 2. The average Bonchev–Trinajstić information content (AvgIpc) is 3.34. The number of nitrogens with one attached hydrogen (secondary N) is 2. The van der Waals surface area contributed by atoms with Gasteiger partial charge in [0.25, 0.3) is 0 Å². The summed E-state index contributed by atoms with van der Waals surface area (Å²) in [4.78, 5) is 30.0. The summed E-state index contributed by atoms with van der Waals surface area (Å²) in [6.07, 6.45) is 9.78. The van der Waals surface area contributed by atoms with Gasteiger partial charge in [-0.3, -0.25) is 4.40 Å². The summed E-state index contributed by atoms with van der Waals surface area (Å²) in [6, 6.07) is 1.86. The molecule has 10 nitrogen and oxygen atoms in total. The summed E-state index contributed by atoms with van der Waals surface area (Å²) in [5.74, 6) is 1.16. The van der Waals surface area contributed by atoms with E-state index in [1.165, 1.54) is 11.8 Å². The van der Waals surface area contributed by atoms with Gasteiger partial charge in [-0.15, -0.1) is 0 Å². The zero-order chi connectivity index (χ0) is 26.2. The molecule has 3 aromatic rings. The number of anilines is 2. The molecule has 2 aliphatic rings. The maximum Gasteiger partial charge on any atom is 0.407 e. The molecular formula is C25H33ClN8O2S. The van der Waals surface area contributed by atoms with Gasteiger partial charge in [0.15, 0.2) is 5.65 Å². The maximum absolute atomic E-state index is 12.5. The van der Waals surface area contributed by atoms with E-state index in [1.54, 1.807) is 12.4 Å². The molecule has 5 rings (SSSR count). The number of nitrogens with zero attached hydrogens (tertiary/aromatic N) is 5. The van der Waals surface area contributed by atoms with Crippen LogP contribution in [0.25, 0.3) is 5.65 Å². The third-order valence-electron chi connectivity index (χ3n) is 7.09. The summed E-state index contributed by atoms with van der Waals surface area (Å²) in [6.45, 7) is 9.03. The molecule has 1 spiro atoms. The Morgan fingerprint density at radius 3 is 2.76 bits per heavy atom. The lowest BCUT2D eigenvalue weighted by Crippen LogP contribution is -2.61. The van der Waals surface area contributed by atoms with Crippen molar-refractivity contribution in [1.82, 2.24) is 30.0 Å². The SMILES string of the molecule is CC(C)(C)OC(=O)NC1CNCCC12CCN(c1ncc(Sc3ccnc(N)c3Cl)c3nccn13)CC2. The summed E-state index contributed by atoms with van der Waals surface area (Å²) in [7, 11) is 0. The Labute approximate surface area is 225 Å². The number of amides is 1. The predicted octanol–water partition coefficient (Wildman–Crippen LogP) is 3.98. The largest absolute Gasteiger partial charge is 0.444 e. The van der Waals surface area contributed by atoms with Crippen LogP contribution < -0.4 is 21.3 Å². The Morgan fingerprint density at radius 2 is 2.00 bits per heavy atom. The van der Waals surface area contributed by atoms with Gasteiger partial charge >= 0.3 is 6.09 Å². The number of alkyl carbamates (subject to hydrolysis) is 1. The van der Waals surface area contributed by atoms with E-state index >= 15 is 0 Å². The van der Waals surface area contributed by atoms with E-state index in [-0.39, 0.29) is 17.6 Å². The summed E-state index contributed by atoms with van der Waals surface area (Å²) < 4.78 is 7.57. The number of halogens is 1. The van der Waals surface area contributed by atoms with Gasteiger partial charge in [-0.05, 0) is 58.1 Å². The molecule has 37 heavy (non-hydrogen) atoms. The number of hydrogen-bond donors (Lipinski definition) is 3. The zero-order valence-electron chi connectivity index (χ0n) is 21.3. The molecule has 0 aliphatic carbocycles. The van der Waals surface area contributed by atoms with E-state index < -0.39 is 5.60 Å². The van der Waals surface area contributed by atoms with Gasteiger partial charge in [0.1, 0.15) is 11.4 Å². The molecule has 0 bridgehead atoms. The van der Waals surface area contributed by atoms with Gasteiger partial charge in [0, 0.05) is 49.3 Å². The minimum absolute atomic E-state index is 0.0239. The molecule has 4 N–H and O–H groups in total. The minimum atomic E-state index is -0.523. The Bertz CT molecular complexity index is 1290. The molecule has 2 fully saturated rings. The number of aromatic nitrogens is 4. The lowest BCUT2D eigenvalue weighted by molar-refractivity contribution is 0.0358. The number of nitrogen functional groups attached to an aromatic ring is 1. The van der Waals surface area contributed by atoms with Gasteiger partial charge in [0.2, 0.25) is 5.95 Å². The molecular weight excluding hydrogens is 512 g/mol. The molecule has 0 saturated carbocycles. The Balaban J connectivity index is 1.32. The number of hydrogen-bond acceptors (Lipinski definition) is 9. The highest BCUT2D eigenvalue weighted by Gasteiger charge is 2.44. The summed E-state index contributed by atoms with van der Waals surface area (Å²) in [5, 5.41) is 7.02. The highest BCUT2D eigenvalue weighted by molar-refractivity contribution is 7.99. The van der Waals surface area contributed by atoms with Crippen LogP contribution in [0.1, 0.15) is 40.0 Å². The first-order valence-electron chi connectivity index (χ1n) is 12.5. The second-order valence-electron chi connectivity index (χ2n) is 10.7. The quantitative estimate of drug-likeness (QED) is 0.447. The maximum atomic E-state index is 12.5. The van der Waals surface area contributed by atoms with E-state index in [9.17, 15) is 4.79 Å². The topological polar surface area (TPSA) is 123 Å². The number of imidazole rings is 1. The highest BCUT2D eigenvalue weighted by Crippen LogP contribution is 2.42. The van der Waals surface area contributed by atoms with Crippen LogP contribution in [0.3, 0.4) is 0 Å². The van der Waals surface area contributed by atoms with Crippen LogP contribution in [0.5, 0.6) is 0 Å². The second-order valence-corrected chi connectivity index (χ2v) is 12.1. The molecule has 1 unspecified atom stereocenters. The normalized spacial score (nSPS) is 19.8. The predicted molar refractivity (Wildman–Crippen MR) is 145 cm³/mol. The Morgan fingerprint density at radius 1 is 1.22 bits per heavy atom. The number of pyridine rings is 1. The second kappa shape index (κ2) is 10.2. The molecule has 1 atom stereocenters. The third-order valence-corrected chi connectivity index (χ3v) is 8.67. The lowest BCUT2D eigenvalue weighted by Gasteiger charge is -2.49. The number of fused-ring (bicyclic) bond motifs is 1. The number of nitrogens with two attached hydrogens (primary N) is 1. The molecule has 3 aromatic heterocycles. The molecule has 2 saturated heterocycles. The fraction of sp³-hybridized carbons (Fsp3) is 0.520. The van der Waals surface area contributed by atoms with Crippen molar-refractivity contribution in [2.75, 3.05) is 36.8 Å². The van der Waals surface area contributed by atoms with Crippen molar-refractivity contribution < 1.29 is 9.53 Å². The lowest BCUT2D eigenvalue weighted by atomic mass is 9.68. The van der Waals surface area contributed by atoms with E-state index in [0.717, 1.165) is 66.8 Å². The summed E-state index contributed by atoms with van der Waals surface area (Å²) >= 11 is 7.83. The first kappa shape index (κ1) is 25.9. The standard InChI is InChI=1S/C25H33ClN8O2S/c1-24(2,3)36-23(35)32-18-15-28-9-5-25(18)6-11-33(12-7-25)22-31-14-17(21-30-10-13-34(21)22)37-16-4-8-29-20(27)19(16)26/h4,8,10,13-14,18,28H,5-7,9,11-12,15H2,1-3H3,(H2,27,29)(H,32,35). The monoisotopic (exact) mass is 544 g/mol. The number of ether oxygens (including phenoxy) is 1. The van der Waals surface area contributed by atoms with Crippen LogP contribution in [-0.4, -0.2) is 63.3 Å². The first-order chi connectivity index (χ1) is 17.7. The first-order valence-corrected chi connectivity index (χ1v) is 13.7. The molecule has 2 aliphatic heterocycles. The van der Waals surface area contributed by atoms with Crippen molar-refractivity contribution in [2.24, 2.45) is 5.41 Å². The van der Waals surface area contributed by atoms with Crippen LogP contribution in [0, 0.1) is 5.41 Å². The van der Waals surface area contributed by atoms with Crippen molar-refractivity contribution in [3.05, 3.63) is 35.9 Å². The molecule has 198 valence electrons. The average molecular weight is 545 g/mol. The number of carbonyl (C=O) groups is 1. The van der Waals surface area contributed by atoms with Crippen LogP contribution in [-0.2, 0) is 4.74 Å². The fourth-order valence-electron chi connectivity index (χ4n) is 5.21. The molecule has 0 radical (unpaired) electrons. The van der Waals surface area contributed by atoms with E-state index in [4.69, 9.17) is 27.1 Å². The summed E-state index contributed by atoms with van der Waals surface area (Å²) in [5.41, 5.74) is 6.20. The Kier molecular flexibility index (Phi) is 7.12. The van der Waals surface area contributed by atoms with Crippen LogP contribution >= 0.6 is 23.4 Å². The van der Waals surface area contributed by atoms with Crippen LogP contribution in [0.4, 0.5) is 16.6 Å². The van der Waals surface area contributed by atoms with Crippen LogP contribution in [0.2, 0.25) is 5.02 Å². The van der Waals surface area contributed by atoms with Gasteiger partial charge in [0.05, 0.1) is 16.0 Å². The fourth-order valence-corrected chi connectivity index (χ4v) is 6.34. The van der Waals surface area contributed by atoms with Crippen molar-refractivity contribution in [3.63, 3.8) is 0 Å². The van der Waals surface area contributed by atoms with Crippen molar-refractivity contribution in [1.29, 1.82) is 0 Å². The van der Waals surface area contributed by atoms with Crippen molar-refractivity contribution >= 4 is 46.9 Å². The van der Waals surface area contributed by atoms with E-state index in [1.807, 2.05) is 43.6 Å². The minimum Gasteiger partial charge on any atom is -0.444 e. The van der Waals surface area contributed by atoms with Crippen molar-refractivity contribution in [3.8, 4) is 0 Å². The molecule has 0 aromatic carbocycles. The third kappa shape index (κ3) is 5.44. The van der Waals surface area contributed by atoms with Gasteiger partial charge in [-0.2, -0.15) is 0 Å². The molecule has 12 heteroatoms. The number of rotatable bonds is 4. The van der Waals surface area contributed by atoms with Gasteiger partial charge < -0.3 is 26.0 Å². The van der Waals surface area contributed by atoms with Crippen LogP contribution in [0.15, 0.2) is 40.6 Å². The van der Waals surface area contributed by atoms with Gasteiger partial charge in [-0.25, -0.2) is 19.7 Å². The van der Waals surface area contributed by atoms with Gasteiger partial charge in [-0.1, -0.05) is 23.4 Å².